The maximum absolute atomic E-state index is 10.5. The number of rotatable bonds is 0. The molecule has 0 atom stereocenters. The van der Waals surface area contributed by atoms with Gasteiger partial charge in [0.2, 0.25) is 0 Å². The van der Waals surface area contributed by atoms with E-state index in [0.29, 0.717) is 0 Å². The van der Waals surface area contributed by atoms with Gasteiger partial charge in [-0.15, -0.1) is 0 Å². The highest BCUT2D eigenvalue weighted by molar-refractivity contribution is 14.1. The summed E-state index contributed by atoms with van der Waals surface area (Å²) >= 11 is 1.83. The van der Waals surface area contributed by atoms with Crippen LogP contribution in [0.1, 0.15) is 0 Å². The molecule has 8 heavy (non-hydrogen) atoms. The number of amides is 1. The number of halogens is 1. The van der Waals surface area contributed by atoms with Gasteiger partial charge in [0, 0.05) is 42.6 Å². The van der Waals surface area contributed by atoms with Crippen LogP contribution < -0.4 is 0 Å². The summed E-state index contributed by atoms with van der Waals surface area (Å²) in [4.78, 5) is 11.9. The van der Waals surface area contributed by atoms with Crippen LogP contribution in [0.3, 0.4) is 0 Å². The molecule has 0 N–H and O–H groups in total. The van der Waals surface area contributed by atoms with Crippen LogP contribution >= 0.6 is 22.6 Å². The Morgan fingerprint density at radius 1 is 1.62 bits per heavy atom. The predicted octanol–water partition coefficient (Wildman–Crippen LogP) is 0.471. The van der Waals surface area contributed by atoms with E-state index in [-0.39, 0.29) is 5.91 Å². The SMILES string of the molecule is CN(C)C(=O)C#CI. The summed E-state index contributed by atoms with van der Waals surface area (Å²) in [7, 11) is 3.34. The van der Waals surface area contributed by atoms with Crippen LogP contribution in [0.15, 0.2) is 0 Å². The van der Waals surface area contributed by atoms with Gasteiger partial charge in [-0.25, -0.2) is 0 Å². The van der Waals surface area contributed by atoms with Gasteiger partial charge in [0.1, 0.15) is 0 Å². The maximum atomic E-state index is 10.5. The Bertz CT molecular complexity index is 142. The summed E-state index contributed by atoms with van der Waals surface area (Å²) in [5.41, 5.74) is 0. The van der Waals surface area contributed by atoms with E-state index in [9.17, 15) is 4.79 Å². The summed E-state index contributed by atoms with van der Waals surface area (Å²) in [6.45, 7) is 0. The molecule has 0 bridgehead atoms. The predicted molar refractivity (Wildman–Crippen MR) is 40.5 cm³/mol. The van der Waals surface area contributed by atoms with Crippen molar-refractivity contribution in [1.82, 2.24) is 4.90 Å². The molecule has 0 aliphatic rings. The molecule has 1 amide bonds. The Labute approximate surface area is 62.4 Å². The second-order valence-electron chi connectivity index (χ2n) is 1.42. The topological polar surface area (TPSA) is 20.3 Å². The molecule has 0 saturated heterocycles. The third kappa shape index (κ3) is 2.86. The standard InChI is InChI=1S/C5H6INO/c1-7(2)5(8)3-4-6/h1-2H3. The fourth-order valence-corrected chi connectivity index (χ4v) is 0.383. The lowest BCUT2D eigenvalue weighted by Gasteiger charge is -2.01. The van der Waals surface area contributed by atoms with E-state index < -0.39 is 0 Å². The molecular formula is C5H6INO. The van der Waals surface area contributed by atoms with Gasteiger partial charge in [-0.1, -0.05) is 0 Å². The zero-order valence-electron chi connectivity index (χ0n) is 4.73. The zero-order valence-corrected chi connectivity index (χ0v) is 6.89. The first-order chi connectivity index (χ1) is 3.68. The third-order valence-electron chi connectivity index (χ3n) is 0.560. The molecule has 0 aliphatic carbocycles. The van der Waals surface area contributed by atoms with Crippen molar-refractivity contribution < 1.29 is 4.79 Å². The molecule has 3 heteroatoms. The van der Waals surface area contributed by atoms with Crippen LogP contribution in [0.25, 0.3) is 0 Å². The van der Waals surface area contributed by atoms with Gasteiger partial charge < -0.3 is 4.90 Å². The number of carbonyl (C=O) groups excluding carboxylic acids is 1. The van der Waals surface area contributed by atoms with E-state index in [1.165, 1.54) is 4.90 Å². The highest BCUT2D eigenvalue weighted by Gasteiger charge is 1.93. The van der Waals surface area contributed by atoms with Gasteiger partial charge in [0.05, 0.1) is 0 Å². The highest BCUT2D eigenvalue weighted by Crippen LogP contribution is 1.76. The Kier molecular flexibility index (Phi) is 3.61. The van der Waals surface area contributed by atoms with Crippen LogP contribution in [-0.4, -0.2) is 24.9 Å². The molecule has 0 aromatic carbocycles. The molecule has 0 fully saturated rings. The first-order valence-corrected chi connectivity index (χ1v) is 3.09. The minimum atomic E-state index is -0.153. The Morgan fingerprint density at radius 3 is 2.25 bits per heavy atom. The molecule has 44 valence electrons. The molecule has 0 heterocycles. The minimum absolute atomic E-state index is 0.153. The molecule has 0 aromatic heterocycles. The Hall–Kier alpha value is -0.240. The number of hydrogen-bond donors (Lipinski definition) is 0. The van der Waals surface area contributed by atoms with Crippen molar-refractivity contribution in [2.75, 3.05) is 14.1 Å². The summed E-state index contributed by atoms with van der Waals surface area (Å²) in [5, 5.41) is 0. The van der Waals surface area contributed by atoms with E-state index >= 15 is 0 Å². The summed E-state index contributed by atoms with van der Waals surface area (Å²) in [6.07, 6.45) is 0. The molecule has 0 aromatic rings. The van der Waals surface area contributed by atoms with Crippen molar-refractivity contribution in [2.24, 2.45) is 0 Å². The number of hydrogen-bond acceptors (Lipinski definition) is 1. The smallest absolute Gasteiger partial charge is 0.298 e. The first kappa shape index (κ1) is 7.76. The summed E-state index contributed by atoms with van der Waals surface area (Å²) < 4.78 is 2.48. The zero-order chi connectivity index (χ0) is 6.57. The number of nitrogens with zero attached hydrogens (tertiary/aromatic N) is 1. The van der Waals surface area contributed by atoms with Gasteiger partial charge in [0.15, 0.2) is 0 Å². The quantitative estimate of drug-likeness (QED) is 0.431. The van der Waals surface area contributed by atoms with E-state index in [4.69, 9.17) is 0 Å². The van der Waals surface area contributed by atoms with Gasteiger partial charge in [-0.05, 0) is 3.93 Å². The van der Waals surface area contributed by atoms with E-state index in [0.717, 1.165) is 0 Å². The molecule has 0 radical (unpaired) electrons. The third-order valence-corrected chi connectivity index (χ3v) is 0.830. The second-order valence-corrected chi connectivity index (χ2v) is 1.96. The monoisotopic (exact) mass is 223 g/mol. The molecule has 0 rings (SSSR count). The van der Waals surface area contributed by atoms with Crippen molar-refractivity contribution in [3.05, 3.63) is 0 Å². The average Bonchev–Trinajstić information content (AvgIpc) is 1.67. The molecule has 0 spiro atoms. The molecule has 0 saturated carbocycles. The number of carbonyl (C=O) groups is 1. The van der Waals surface area contributed by atoms with Gasteiger partial charge in [-0.3, -0.25) is 4.79 Å². The minimum Gasteiger partial charge on any atom is -0.338 e. The molecule has 0 unspecified atom stereocenters. The summed E-state index contributed by atoms with van der Waals surface area (Å²) in [5.74, 6) is 2.22. The highest BCUT2D eigenvalue weighted by atomic mass is 127. The fraction of sp³-hybridized carbons (Fsp3) is 0.400. The van der Waals surface area contributed by atoms with Crippen LogP contribution in [0.4, 0.5) is 0 Å². The van der Waals surface area contributed by atoms with Gasteiger partial charge in [0.25, 0.3) is 5.91 Å². The van der Waals surface area contributed by atoms with Crippen molar-refractivity contribution in [3.63, 3.8) is 0 Å². The van der Waals surface area contributed by atoms with Crippen molar-refractivity contribution >= 4 is 28.5 Å². The van der Waals surface area contributed by atoms with E-state index in [1.54, 1.807) is 14.1 Å². The van der Waals surface area contributed by atoms with Crippen LogP contribution in [-0.2, 0) is 4.79 Å². The largest absolute Gasteiger partial charge is 0.338 e. The Balaban J connectivity index is 3.78. The summed E-state index contributed by atoms with van der Waals surface area (Å²) in [6, 6.07) is 0. The fourth-order valence-electron chi connectivity index (χ4n) is 0.152. The van der Waals surface area contributed by atoms with Gasteiger partial charge >= 0.3 is 0 Å². The maximum Gasteiger partial charge on any atom is 0.298 e. The van der Waals surface area contributed by atoms with Crippen molar-refractivity contribution in [2.45, 2.75) is 0 Å². The molecular weight excluding hydrogens is 217 g/mol. The molecule has 0 aliphatic heterocycles. The van der Waals surface area contributed by atoms with E-state index in [1.807, 2.05) is 22.6 Å². The van der Waals surface area contributed by atoms with Crippen LogP contribution in [0.2, 0.25) is 0 Å². The first-order valence-electron chi connectivity index (χ1n) is 2.01. The van der Waals surface area contributed by atoms with Crippen LogP contribution in [0, 0.1) is 9.85 Å². The van der Waals surface area contributed by atoms with Crippen molar-refractivity contribution in [3.8, 4) is 9.85 Å². The average molecular weight is 223 g/mol. The lowest BCUT2D eigenvalue weighted by Crippen LogP contribution is -2.19. The second kappa shape index (κ2) is 3.72. The lowest BCUT2D eigenvalue weighted by atomic mass is 10.6. The Morgan fingerprint density at radius 2 is 2.12 bits per heavy atom. The normalized spacial score (nSPS) is 6.88. The van der Waals surface area contributed by atoms with E-state index in [2.05, 4.69) is 9.85 Å². The van der Waals surface area contributed by atoms with Crippen molar-refractivity contribution in [1.29, 1.82) is 0 Å². The lowest BCUT2D eigenvalue weighted by molar-refractivity contribution is -0.122. The van der Waals surface area contributed by atoms with Gasteiger partial charge in [-0.2, -0.15) is 0 Å². The molecule has 2 nitrogen and oxygen atoms in total. The van der Waals surface area contributed by atoms with Crippen LogP contribution in [0.5, 0.6) is 0 Å².